The lowest BCUT2D eigenvalue weighted by Gasteiger charge is -1.95. The normalized spacial score (nSPS) is 9.29. The van der Waals surface area contributed by atoms with E-state index < -0.39 is 0 Å². The molecule has 0 radical (unpaired) electrons. The minimum absolute atomic E-state index is 0. The van der Waals surface area contributed by atoms with E-state index in [1.807, 2.05) is 13.0 Å². The fourth-order valence-electron chi connectivity index (χ4n) is 1.25. The second-order valence-electron chi connectivity index (χ2n) is 2.70. The van der Waals surface area contributed by atoms with Crippen molar-refractivity contribution in [3.8, 4) is 0 Å². The Morgan fingerprint density at radius 3 is 2.79 bits per heavy atom. The van der Waals surface area contributed by atoms with Crippen LogP contribution in [0.15, 0.2) is 12.3 Å². The Labute approximate surface area is 94.1 Å². The van der Waals surface area contributed by atoms with Crippen LogP contribution in [0, 0.1) is 6.92 Å². The average Bonchev–Trinajstić information content (AvgIpc) is 2.44. The van der Waals surface area contributed by atoms with Gasteiger partial charge >= 0.3 is 0 Å². The molecule has 0 saturated heterocycles. The molecule has 2 aromatic rings. The fraction of sp³-hybridized carbons (Fsp3) is 0.250. The molecule has 0 unspecified atom stereocenters. The van der Waals surface area contributed by atoms with Gasteiger partial charge in [-0.3, -0.25) is 0 Å². The maximum atomic E-state index is 5.55. The summed E-state index contributed by atoms with van der Waals surface area (Å²) in [5.74, 6) is 0.874. The highest BCUT2D eigenvalue weighted by molar-refractivity contribution is 5.85. The van der Waals surface area contributed by atoms with Crippen LogP contribution in [0.5, 0.6) is 0 Å². The molecule has 6 heteroatoms. The number of aryl methyl sites for hydroxylation is 1. The van der Waals surface area contributed by atoms with Gasteiger partial charge < -0.3 is 10.7 Å². The van der Waals surface area contributed by atoms with Gasteiger partial charge in [-0.1, -0.05) is 0 Å². The predicted molar refractivity (Wildman–Crippen MR) is 61.0 cm³/mol. The number of H-pyrrole nitrogens is 1. The molecule has 2 aromatic heterocycles. The number of nitrogens with zero attached hydrogens (tertiary/aromatic N) is 2. The van der Waals surface area contributed by atoms with E-state index in [0.29, 0.717) is 6.54 Å². The number of hydrogen-bond donors (Lipinski definition) is 2. The molecule has 14 heavy (non-hydrogen) atoms. The van der Waals surface area contributed by atoms with Gasteiger partial charge in [0, 0.05) is 12.7 Å². The van der Waals surface area contributed by atoms with Crippen LogP contribution in [0.3, 0.4) is 0 Å². The zero-order valence-electron chi connectivity index (χ0n) is 7.65. The quantitative estimate of drug-likeness (QED) is 0.788. The van der Waals surface area contributed by atoms with Crippen molar-refractivity contribution < 1.29 is 0 Å². The van der Waals surface area contributed by atoms with Crippen molar-refractivity contribution >= 4 is 36.0 Å². The second kappa shape index (κ2) is 5.14. The molecule has 2 heterocycles. The summed E-state index contributed by atoms with van der Waals surface area (Å²) in [6.45, 7) is 2.42. The lowest BCUT2D eigenvalue weighted by atomic mass is 10.2. The molecule has 0 fully saturated rings. The van der Waals surface area contributed by atoms with Gasteiger partial charge in [0.25, 0.3) is 0 Å². The van der Waals surface area contributed by atoms with Crippen molar-refractivity contribution in [3.05, 3.63) is 23.7 Å². The summed E-state index contributed by atoms with van der Waals surface area (Å²) in [4.78, 5) is 11.4. The molecule has 0 aromatic carbocycles. The standard InChI is InChI=1S/C8H10N4.2ClH/c1-5-11-7-6(4-9)2-3-10-8(7)12-5;;/h2-3H,4,9H2,1H3,(H,10,11,12);2*1H. The highest BCUT2D eigenvalue weighted by atomic mass is 35.5. The minimum Gasteiger partial charge on any atom is -0.341 e. The third-order valence-corrected chi connectivity index (χ3v) is 1.82. The van der Waals surface area contributed by atoms with Crippen molar-refractivity contribution in [3.63, 3.8) is 0 Å². The Bertz CT molecular complexity index is 413. The molecular formula is C8H12Cl2N4. The Kier molecular flexibility index (Phi) is 4.83. The van der Waals surface area contributed by atoms with Crippen LogP contribution in [0.4, 0.5) is 0 Å². The number of fused-ring (bicyclic) bond motifs is 1. The van der Waals surface area contributed by atoms with E-state index in [-0.39, 0.29) is 24.8 Å². The summed E-state index contributed by atoms with van der Waals surface area (Å²) in [5, 5.41) is 0. The summed E-state index contributed by atoms with van der Waals surface area (Å²) in [5.41, 5.74) is 8.31. The van der Waals surface area contributed by atoms with Crippen LogP contribution < -0.4 is 5.73 Å². The number of halogens is 2. The molecule has 0 amide bonds. The van der Waals surface area contributed by atoms with Gasteiger partial charge in [0.2, 0.25) is 0 Å². The number of nitrogens with one attached hydrogen (secondary N) is 1. The number of pyridine rings is 1. The highest BCUT2D eigenvalue weighted by Gasteiger charge is 2.03. The lowest BCUT2D eigenvalue weighted by molar-refractivity contribution is 1.07. The summed E-state index contributed by atoms with van der Waals surface area (Å²) >= 11 is 0. The number of imidazole rings is 1. The fourth-order valence-corrected chi connectivity index (χ4v) is 1.25. The Hall–Kier alpha value is -0.840. The molecule has 0 bridgehead atoms. The average molecular weight is 235 g/mol. The number of rotatable bonds is 1. The molecule has 78 valence electrons. The van der Waals surface area contributed by atoms with Gasteiger partial charge in [0.1, 0.15) is 5.82 Å². The van der Waals surface area contributed by atoms with E-state index in [9.17, 15) is 0 Å². The lowest BCUT2D eigenvalue weighted by Crippen LogP contribution is -1.97. The van der Waals surface area contributed by atoms with E-state index in [2.05, 4.69) is 15.0 Å². The van der Waals surface area contributed by atoms with Gasteiger partial charge in [-0.25, -0.2) is 9.97 Å². The van der Waals surface area contributed by atoms with Crippen molar-refractivity contribution in [1.82, 2.24) is 15.0 Å². The maximum absolute atomic E-state index is 5.55. The maximum Gasteiger partial charge on any atom is 0.177 e. The summed E-state index contributed by atoms with van der Waals surface area (Å²) in [7, 11) is 0. The van der Waals surface area contributed by atoms with Crippen molar-refractivity contribution in [1.29, 1.82) is 0 Å². The van der Waals surface area contributed by atoms with Crippen LogP contribution in [0.1, 0.15) is 11.4 Å². The van der Waals surface area contributed by atoms with Crippen LogP contribution >= 0.6 is 24.8 Å². The van der Waals surface area contributed by atoms with Crippen molar-refractivity contribution in [2.24, 2.45) is 5.73 Å². The first-order chi connectivity index (χ1) is 5.81. The number of nitrogens with two attached hydrogens (primary N) is 1. The third-order valence-electron chi connectivity index (χ3n) is 1.82. The molecule has 0 aliphatic rings. The van der Waals surface area contributed by atoms with Crippen LogP contribution in [0.2, 0.25) is 0 Å². The summed E-state index contributed by atoms with van der Waals surface area (Å²) < 4.78 is 0. The van der Waals surface area contributed by atoms with Gasteiger partial charge in [0.15, 0.2) is 5.65 Å². The molecule has 3 N–H and O–H groups in total. The first kappa shape index (κ1) is 13.2. The van der Waals surface area contributed by atoms with E-state index in [1.165, 1.54) is 0 Å². The first-order valence-corrected chi connectivity index (χ1v) is 3.81. The smallest absolute Gasteiger partial charge is 0.177 e. The van der Waals surface area contributed by atoms with E-state index in [1.54, 1.807) is 6.20 Å². The van der Waals surface area contributed by atoms with Gasteiger partial charge in [0.05, 0.1) is 5.52 Å². The molecule has 2 rings (SSSR count). The summed E-state index contributed by atoms with van der Waals surface area (Å²) in [6.07, 6.45) is 1.73. The SMILES string of the molecule is Cc1nc2nccc(CN)c2[nH]1.Cl.Cl. The zero-order chi connectivity index (χ0) is 8.55. The molecule has 0 aliphatic carbocycles. The number of hydrogen-bond acceptors (Lipinski definition) is 3. The molecule has 0 atom stereocenters. The van der Waals surface area contributed by atoms with Crippen LogP contribution in [-0.2, 0) is 6.54 Å². The van der Waals surface area contributed by atoms with E-state index in [0.717, 1.165) is 22.6 Å². The Morgan fingerprint density at radius 1 is 1.43 bits per heavy atom. The Balaban J connectivity index is 0.000000845. The third kappa shape index (κ3) is 2.15. The van der Waals surface area contributed by atoms with E-state index >= 15 is 0 Å². The predicted octanol–water partition coefficient (Wildman–Crippen LogP) is 1.57. The minimum atomic E-state index is 0. The molecule has 0 saturated carbocycles. The van der Waals surface area contributed by atoms with Crippen LogP contribution in [0.25, 0.3) is 11.2 Å². The van der Waals surface area contributed by atoms with Gasteiger partial charge in [-0.2, -0.15) is 0 Å². The molecular weight excluding hydrogens is 223 g/mol. The van der Waals surface area contributed by atoms with Crippen molar-refractivity contribution in [2.45, 2.75) is 13.5 Å². The monoisotopic (exact) mass is 234 g/mol. The van der Waals surface area contributed by atoms with Gasteiger partial charge in [-0.15, -0.1) is 24.8 Å². The summed E-state index contributed by atoms with van der Waals surface area (Å²) in [6, 6.07) is 1.90. The highest BCUT2D eigenvalue weighted by Crippen LogP contribution is 2.12. The molecule has 0 spiro atoms. The molecule has 4 nitrogen and oxygen atoms in total. The first-order valence-electron chi connectivity index (χ1n) is 3.81. The van der Waals surface area contributed by atoms with E-state index in [4.69, 9.17) is 5.73 Å². The molecule has 0 aliphatic heterocycles. The van der Waals surface area contributed by atoms with Gasteiger partial charge in [-0.05, 0) is 18.6 Å². The largest absolute Gasteiger partial charge is 0.341 e. The van der Waals surface area contributed by atoms with Crippen molar-refractivity contribution in [2.75, 3.05) is 0 Å². The number of aromatic nitrogens is 3. The topological polar surface area (TPSA) is 67.6 Å². The zero-order valence-corrected chi connectivity index (χ0v) is 9.28. The number of aromatic amines is 1. The van der Waals surface area contributed by atoms with Crippen LogP contribution in [-0.4, -0.2) is 15.0 Å². The second-order valence-corrected chi connectivity index (χ2v) is 2.70. The Morgan fingerprint density at radius 2 is 2.14 bits per heavy atom.